The number of benzene rings is 2. The number of carbonyl (C=O) groups excluding carboxylic acids is 2. The first-order chi connectivity index (χ1) is 18.8. The van der Waals surface area contributed by atoms with Gasteiger partial charge in [0.25, 0.3) is 26.0 Å². The van der Waals surface area contributed by atoms with Gasteiger partial charge in [0.05, 0.1) is 11.2 Å². The molecule has 0 saturated carbocycles. The molecule has 2 aromatic rings. The Balaban J connectivity index is 0.000000226. The van der Waals surface area contributed by atoms with Crippen LogP contribution in [0.4, 0.5) is 0 Å². The van der Waals surface area contributed by atoms with Crippen LogP contribution >= 0.6 is 0 Å². The van der Waals surface area contributed by atoms with E-state index in [-0.39, 0.29) is 38.0 Å². The molecule has 216 valence electrons. The number of hydrogen-bond acceptors (Lipinski definition) is 8. The molecule has 10 nitrogen and oxygen atoms in total. The summed E-state index contributed by atoms with van der Waals surface area (Å²) in [5, 5.41) is 0. The number of fused-ring (bicyclic) bond motifs is 2. The Bertz CT molecular complexity index is 1780. The summed E-state index contributed by atoms with van der Waals surface area (Å²) in [5.74, 6) is -0.807. The normalized spacial score (nSPS) is 15.3. The van der Waals surface area contributed by atoms with Gasteiger partial charge in [0.15, 0.2) is 5.78 Å². The first-order valence-corrected chi connectivity index (χ1v) is 15.1. The van der Waals surface area contributed by atoms with Crippen LogP contribution in [-0.2, 0) is 28.6 Å². The Morgan fingerprint density at radius 2 is 1.27 bits per heavy atom. The van der Waals surface area contributed by atoms with E-state index in [1.165, 1.54) is 36.4 Å². The molecule has 41 heavy (non-hydrogen) atoms. The van der Waals surface area contributed by atoms with Gasteiger partial charge in [-0.15, -0.1) is 0 Å². The fourth-order valence-corrected chi connectivity index (χ4v) is 6.83. The van der Waals surface area contributed by atoms with Gasteiger partial charge in [-0.25, -0.2) is 0 Å². The predicted octanol–water partition coefficient (Wildman–Crippen LogP) is 5.00. The van der Waals surface area contributed by atoms with E-state index >= 15 is 0 Å². The molecular formula is C29H30N2O8S2. The molecule has 4 rings (SSSR count). The summed E-state index contributed by atoms with van der Waals surface area (Å²) < 4.78 is 59.7. The van der Waals surface area contributed by atoms with Gasteiger partial charge in [0.2, 0.25) is 0 Å². The summed E-state index contributed by atoms with van der Waals surface area (Å²) in [6.07, 6.45) is 3.96. The average Bonchev–Trinajstić information content (AvgIpc) is 2.84. The summed E-state index contributed by atoms with van der Waals surface area (Å²) in [6.45, 7) is 13.4. The summed E-state index contributed by atoms with van der Waals surface area (Å²) in [6, 6.07) is 10.8. The second kappa shape index (κ2) is 11.2. The molecule has 0 radical (unpaired) electrons. The third kappa shape index (κ3) is 7.29. The lowest BCUT2D eigenvalue weighted by Crippen LogP contribution is -2.26. The molecule has 0 fully saturated rings. The molecule has 12 heteroatoms. The van der Waals surface area contributed by atoms with Gasteiger partial charge in [0.1, 0.15) is 9.80 Å². The van der Waals surface area contributed by atoms with Crippen molar-refractivity contribution >= 4 is 48.5 Å². The highest BCUT2D eigenvalue weighted by atomic mass is 32.2. The minimum absolute atomic E-state index is 0.0207. The van der Waals surface area contributed by atoms with Gasteiger partial charge in [0, 0.05) is 33.9 Å². The van der Waals surface area contributed by atoms with E-state index < -0.39 is 37.2 Å². The first kappa shape index (κ1) is 31.7. The molecule has 0 heterocycles. The maximum atomic E-state index is 12.4. The lowest BCUT2D eigenvalue weighted by atomic mass is 9.93. The zero-order chi connectivity index (χ0) is 31.0. The number of nitrogens with zero attached hydrogens (tertiary/aromatic N) is 2. The number of hydrogen-bond donors (Lipinski definition) is 0. The molecule has 0 atom stereocenters. The molecule has 0 saturated heterocycles. The lowest BCUT2D eigenvalue weighted by Gasteiger charge is -2.23. The van der Waals surface area contributed by atoms with Crippen molar-refractivity contribution in [3.63, 3.8) is 0 Å². The largest absolute Gasteiger partial charge is 0.362 e. The predicted molar refractivity (Wildman–Crippen MR) is 154 cm³/mol. The molecule has 0 spiro atoms. The molecule has 2 aromatic carbocycles. The second-order valence-corrected chi connectivity index (χ2v) is 14.1. The minimum atomic E-state index is -4.01. The van der Waals surface area contributed by atoms with E-state index in [0.717, 1.165) is 0 Å². The Hall–Kier alpha value is -3.80. The van der Waals surface area contributed by atoms with E-state index in [1.807, 2.05) is 0 Å². The standard InChI is InChI=1S/C15H16O4S.C14H14N2O4S/c1-10-9-13(20(17,18)19-15(2,3)4)11-7-5-6-8-12(11)14(10)16;1-14(2,3)20-21(18,19)12-6-4-5-10-9(12)7-8-11(16-15)13(10)17/h5-9H,1H2,2-4H3;4-8H,1-3H3. The fourth-order valence-electron chi connectivity index (χ4n) is 3.91. The van der Waals surface area contributed by atoms with E-state index in [4.69, 9.17) is 13.9 Å². The highest BCUT2D eigenvalue weighted by molar-refractivity contribution is 7.96. The van der Waals surface area contributed by atoms with E-state index in [0.29, 0.717) is 11.1 Å². The van der Waals surface area contributed by atoms with Crippen molar-refractivity contribution in [2.24, 2.45) is 0 Å². The Morgan fingerprint density at radius 3 is 1.83 bits per heavy atom. The quantitative estimate of drug-likeness (QED) is 0.206. The molecule has 0 amide bonds. The number of Topliss-reactive ketones (excluding diaryl/α,β-unsaturated/α-hetero) is 2. The molecule has 2 aliphatic rings. The van der Waals surface area contributed by atoms with E-state index in [2.05, 4.69) is 11.4 Å². The highest BCUT2D eigenvalue weighted by Gasteiger charge is 2.34. The third-order valence-electron chi connectivity index (χ3n) is 5.35. The summed E-state index contributed by atoms with van der Waals surface area (Å²) in [4.78, 5) is 26.8. The van der Waals surface area contributed by atoms with Gasteiger partial charge >= 0.3 is 5.71 Å². The Morgan fingerprint density at radius 1 is 0.732 bits per heavy atom. The molecule has 0 unspecified atom stereocenters. The van der Waals surface area contributed by atoms with Crippen molar-refractivity contribution in [3.05, 3.63) is 94.6 Å². The summed E-state index contributed by atoms with van der Waals surface area (Å²) >= 11 is 0. The summed E-state index contributed by atoms with van der Waals surface area (Å²) in [7, 11) is -7.98. The second-order valence-electron chi connectivity index (χ2n) is 11.1. The fraction of sp³-hybridized carbons (Fsp3) is 0.276. The maximum absolute atomic E-state index is 12.4. The topological polar surface area (TPSA) is 157 Å². The van der Waals surface area contributed by atoms with Gasteiger partial charge in [-0.05, 0) is 59.8 Å². The maximum Gasteiger partial charge on any atom is 0.362 e. The van der Waals surface area contributed by atoms with Crippen LogP contribution in [0, 0.1) is 0 Å². The third-order valence-corrected chi connectivity index (χ3v) is 8.56. The van der Waals surface area contributed by atoms with Crippen molar-refractivity contribution in [2.75, 3.05) is 0 Å². The number of carbonyl (C=O) groups is 2. The van der Waals surface area contributed by atoms with Gasteiger partial charge in [-0.1, -0.05) is 43.0 Å². The van der Waals surface area contributed by atoms with Gasteiger partial charge in [-0.2, -0.15) is 21.6 Å². The van der Waals surface area contributed by atoms with E-state index in [1.54, 1.807) is 65.8 Å². The van der Waals surface area contributed by atoms with Crippen molar-refractivity contribution in [2.45, 2.75) is 57.6 Å². The smallest absolute Gasteiger partial charge is 0.361 e. The van der Waals surface area contributed by atoms with Crippen LogP contribution in [0.15, 0.2) is 71.7 Å². The number of ketones is 2. The highest BCUT2D eigenvalue weighted by Crippen LogP contribution is 2.34. The molecule has 0 N–H and O–H groups in total. The van der Waals surface area contributed by atoms with Crippen molar-refractivity contribution in [1.82, 2.24) is 0 Å². The Kier molecular flexibility index (Phi) is 8.69. The monoisotopic (exact) mass is 598 g/mol. The zero-order valence-electron chi connectivity index (χ0n) is 23.5. The van der Waals surface area contributed by atoms with Crippen LogP contribution in [0.1, 0.15) is 73.4 Å². The molecular weight excluding hydrogens is 568 g/mol. The van der Waals surface area contributed by atoms with Gasteiger partial charge < -0.3 is 5.53 Å². The van der Waals surface area contributed by atoms with Crippen LogP contribution in [0.3, 0.4) is 0 Å². The van der Waals surface area contributed by atoms with Crippen LogP contribution in [0.2, 0.25) is 0 Å². The van der Waals surface area contributed by atoms with Crippen molar-refractivity contribution in [1.29, 1.82) is 0 Å². The first-order valence-electron chi connectivity index (χ1n) is 12.3. The lowest BCUT2D eigenvalue weighted by molar-refractivity contribution is -0.00437. The Labute approximate surface area is 239 Å². The van der Waals surface area contributed by atoms with Crippen molar-refractivity contribution < 1.29 is 39.6 Å². The van der Waals surface area contributed by atoms with Crippen LogP contribution < -0.4 is 0 Å². The zero-order valence-corrected chi connectivity index (χ0v) is 25.1. The van der Waals surface area contributed by atoms with E-state index in [9.17, 15) is 26.4 Å². The van der Waals surface area contributed by atoms with Crippen LogP contribution in [0.5, 0.6) is 0 Å². The van der Waals surface area contributed by atoms with Gasteiger partial charge in [-0.3, -0.25) is 18.0 Å². The SMILES string of the molecule is C=C1C=C(S(=O)(=O)OC(C)(C)C)c2ccccc2C1=O.CC(C)(C)OS(=O)(=O)c1cccc2c1C=CC(=[N+]=[N-])C2=O. The van der Waals surface area contributed by atoms with Crippen LogP contribution in [0.25, 0.3) is 16.5 Å². The molecule has 0 aromatic heterocycles. The van der Waals surface area contributed by atoms with Crippen molar-refractivity contribution in [3.8, 4) is 0 Å². The molecule has 0 bridgehead atoms. The van der Waals surface area contributed by atoms with Crippen LogP contribution in [-0.4, -0.2) is 50.1 Å². The minimum Gasteiger partial charge on any atom is -0.361 e. The summed E-state index contributed by atoms with van der Waals surface area (Å²) in [5.41, 5.74) is 8.08. The molecule has 0 aliphatic heterocycles. The number of allylic oxidation sites excluding steroid dienone is 3. The molecule has 2 aliphatic carbocycles. The average molecular weight is 599 g/mol. The number of rotatable bonds is 4.